The third-order valence-electron chi connectivity index (χ3n) is 5.49. The SMILES string of the molecule is COC(=O)c1ccccc1S(=O)(=O)N1CCC(C(=O)OC(C)C(=O)Nc2ccccc2F)CC1. The number of hydrogen-bond acceptors (Lipinski definition) is 7. The maximum absolute atomic E-state index is 13.7. The zero-order chi connectivity index (χ0) is 24.9. The fraction of sp³-hybridized carbons (Fsp3) is 0.348. The Bertz CT molecular complexity index is 1180. The van der Waals surface area contributed by atoms with Gasteiger partial charge in [-0.1, -0.05) is 24.3 Å². The van der Waals surface area contributed by atoms with E-state index < -0.39 is 45.7 Å². The van der Waals surface area contributed by atoms with Crippen LogP contribution in [0.2, 0.25) is 0 Å². The van der Waals surface area contributed by atoms with Crippen LogP contribution in [0, 0.1) is 11.7 Å². The fourth-order valence-electron chi connectivity index (χ4n) is 3.56. The molecule has 1 unspecified atom stereocenters. The molecule has 1 atom stereocenters. The van der Waals surface area contributed by atoms with Gasteiger partial charge in [0.2, 0.25) is 10.0 Å². The largest absolute Gasteiger partial charge is 0.465 e. The molecule has 11 heteroatoms. The lowest BCUT2D eigenvalue weighted by atomic mass is 9.98. The lowest BCUT2D eigenvalue weighted by Gasteiger charge is -2.31. The number of nitrogens with one attached hydrogen (secondary N) is 1. The normalized spacial score (nSPS) is 15.9. The number of esters is 2. The van der Waals surface area contributed by atoms with Crippen LogP contribution in [0.5, 0.6) is 0 Å². The molecule has 0 radical (unpaired) electrons. The number of para-hydroxylation sites is 1. The first-order valence-electron chi connectivity index (χ1n) is 10.6. The minimum atomic E-state index is -3.99. The highest BCUT2D eigenvalue weighted by molar-refractivity contribution is 7.89. The molecule has 2 aromatic rings. The molecule has 1 fully saturated rings. The molecule has 9 nitrogen and oxygen atoms in total. The summed E-state index contributed by atoms with van der Waals surface area (Å²) in [5.41, 5.74) is -0.0950. The molecule has 34 heavy (non-hydrogen) atoms. The van der Waals surface area contributed by atoms with Gasteiger partial charge in [0.15, 0.2) is 6.10 Å². The van der Waals surface area contributed by atoms with Gasteiger partial charge in [-0.3, -0.25) is 9.59 Å². The molecule has 1 aliphatic rings. The minimum absolute atomic E-state index is 0.0267. The Morgan fingerprint density at radius 2 is 1.68 bits per heavy atom. The standard InChI is InChI=1S/C23H25FN2O7S/c1-15(21(27)25-19-9-5-4-8-18(19)24)33-22(28)16-11-13-26(14-12-16)34(30,31)20-10-6-3-7-17(20)23(29)32-2/h3-10,15-16H,11-14H2,1-2H3,(H,25,27). The van der Waals surface area contributed by atoms with Crippen molar-refractivity contribution < 1.29 is 36.7 Å². The molecule has 0 saturated carbocycles. The van der Waals surface area contributed by atoms with Gasteiger partial charge in [0.1, 0.15) is 5.82 Å². The lowest BCUT2D eigenvalue weighted by Crippen LogP contribution is -2.42. The van der Waals surface area contributed by atoms with Gasteiger partial charge in [0.05, 0.1) is 29.2 Å². The minimum Gasteiger partial charge on any atom is -0.465 e. The Labute approximate surface area is 196 Å². The summed E-state index contributed by atoms with van der Waals surface area (Å²) in [6, 6.07) is 11.4. The first-order chi connectivity index (χ1) is 16.1. The van der Waals surface area contributed by atoms with Gasteiger partial charge < -0.3 is 14.8 Å². The number of ether oxygens (including phenoxy) is 2. The van der Waals surface area contributed by atoms with Crippen molar-refractivity contribution in [3.05, 3.63) is 59.9 Å². The maximum Gasteiger partial charge on any atom is 0.339 e. The maximum atomic E-state index is 13.7. The van der Waals surface area contributed by atoms with Gasteiger partial charge in [0, 0.05) is 13.1 Å². The van der Waals surface area contributed by atoms with E-state index in [1.165, 1.54) is 60.8 Å². The monoisotopic (exact) mass is 492 g/mol. The highest BCUT2D eigenvalue weighted by Crippen LogP contribution is 2.27. The van der Waals surface area contributed by atoms with E-state index in [1.807, 2.05) is 0 Å². The van der Waals surface area contributed by atoms with Crippen LogP contribution in [0.15, 0.2) is 53.4 Å². The number of amides is 1. The van der Waals surface area contributed by atoms with Gasteiger partial charge in [-0.05, 0) is 44.0 Å². The molecule has 0 aromatic heterocycles. The molecule has 1 saturated heterocycles. The summed E-state index contributed by atoms with van der Waals surface area (Å²) in [7, 11) is -2.82. The van der Waals surface area contributed by atoms with Gasteiger partial charge in [-0.2, -0.15) is 4.31 Å². The predicted octanol–water partition coefficient (Wildman–Crippen LogP) is 2.58. The van der Waals surface area contributed by atoms with E-state index in [4.69, 9.17) is 4.74 Å². The highest BCUT2D eigenvalue weighted by atomic mass is 32.2. The number of carbonyl (C=O) groups is 3. The summed E-state index contributed by atoms with van der Waals surface area (Å²) < 4.78 is 51.0. The summed E-state index contributed by atoms with van der Waals surface area (Å²) in [5.74, 6) is -3.30. The molecule has 2 aromatic carbocycles. The molecular formula is C23H25FN2O7S. The zero-order valence-electron chi connectivity index (χ0n) is 18.7. The molecule has 0 spiro atoms. The Hall–Kier alpha value is -3.31. The number of sulfonamides is 1. The molecule has 3 rings (SSSR count). The number of carbonyl (C=O) groups excluding carboxylic acids is 3. The van der Waals surface area contributed by atoms with E-state index in [1.54, 1.807) is 6.07 Å². The van der Waals surface area contributed by atoms with Gasteiger partial charge in [-0.15, -0.1) is 0 Å². The lowest BCUT2D eigenvalue weighted by molar-refractivity contribution is -0.158. The van der Waals surface area contributed by atoms with Crippen molar-refractivity contribution in [2.45, 2.75) is 30.8 Å². The average Bonchev–Trinajstić information content (AvgIpc) is 2.84. The van der Waals surface area contributed by atoms with Crippen LogP contribution >= 0.6 is 0 Å². The van der Waals surface area contributed by atoms with Crippen molar-refractivity contribution in [2.24, 2.45) is 5.92 Å². The zero-order valence-corrected chi connectivity index (χ0v) is 19.5. The van der Waals surface area contributed by atoms with Crippen molar-refractivity contribution in [1.82, 2.24) is 4.31 Å². The van der Waals surface area contributed by atoms with E-state index in [0.717, 1.165) is 0 Å². The van der Waals surface area contributed by atoms with E-state index in [9.17, 15) is 27.2 Å². The first kappa shape index (κ1) is 25.3. The number of benzene rings is 2. The number of piperidine rings is 1. The Morgan fingerprint density at radius 3 is 2.32 bits per heavy atom. The van der Waals surface area contributed by atoms with E-state index in [2.05, 4.69) is 10.1 Å². The second kappa shape index (κ2) is 10.7. The topological polar surface area (TPSA) is 119 Å². The number of rotatable bonds is 7. The number of anilines is 1. The van der Waals surface area contributed by atoms with E-state index in [-0.39, 0.29) is 42.1 Å². The highest BCUT2D eigenvalue weighted by Gasteiger charge is 2.35. The number of halogens is 1. The van der Waals surface area contributed by atoms with Crippen LogP contribution in [-0.4, -0.2) is 56.9 Å². The summed E-state index contributed by atoms with van der Waals surface area (Å²) in [6.45, 7) is 1.44. The average molecular weight is 493 g/mol. The van der Waals surface area contributed by atoms with E-state index in [0.29, 0.717) is 0 Å². The van der Waals surface area contributed by atoms with Crippen LogP contribution in [-0.2, 0) is 29.1 Å². The quantitative estimate of drug-likeness (QED) is 0.590. The number of nitrogens with zero attached hydrogens (tertiary/aromatic N) is 1. The molecule has 1 aliphatic heterocycles. The predicted molar refractivity (Wildman–Crippen MR) is 120 cm³/mol. The third-order valence-corrected chi connectivity index (χ3v) is 7.45. The third kappa shape index (κ3) is 5.60. The number of methoxy groups -OCH3 is 1. The van der Waals surface area contributed by atoms with Crippen LogP contribution in [0.3, 0.4) is 0 Å². The van der Waals surface area contributed by atoms with Crippen LogP contribution in [0.1, 0.15) is 30.1 Å². The first-order valence-corrected chi connectivity index (χ1v) is 12.0. The van der Waals surface area contributed by atoms with Crippen LogP contribution in [0.4, 0.5) is 10.1 Å². The van der Waals surface area contributed by atoms with Gasteiger partial charge in [0.25, 0.3) is 5.91 Å². The summed E-state index contributed by atoms with van der Waals surface area (Å²) >= 11 is 0. The molecule has 0 aliphatic carbocycles. The second-order valence-electron chi connectivity index (χ2n) is 7.71. The van der Waals surface area contributed by atoms with Crippen molar-refractivity contribution in [1.29, 1.82) is 0 Å². The molecule has 0 bridgehead atoms. The van der Waals surface area contributed by atoms with Gasteiger partial charge in [-0.25, -0.2) is 17.6 Å². The Morgan fingerprint density at radius 1 is 1.06 bits per heavy atom. The molecular weight excluding hydrogens is 467 g/mol. The van der Waals surface area contributed by atoms with Crippen LogP contribution < -0.4 is 5.32 Å². The molecule has 1 heterocycles. The van der Waals surface area contributed by atoms with Crippen LogP contribution in [0.25, 0.3) is 0 Å². The Kier molecular flexibility index (Phi) is 8.00. The summed E-state index contributed by atoms with van der Waals surface area (Å²) in [6.07, 6.45) is -0.805. The van der Waals surface area contributed by atoms with Crippen molar-refractivity contribution >= 4 is 33.6 Å². The summed E-state index contributed by atoms with van der Waals surface area (Å²) in [4.78, 5) is 36.6. The van der Waals surface area contributed by atoms with Crippen molar-refractivity contribution in [3.8, 4) is 0 Å². The summed E-state index contributed by atoms with van der Waals surface area (Å²) in [5, 5.41) is 2.37. The van der Waals surface area contributed by atoms with E-state index >= 15 is 0 Å². The van der Waals surface area contributed by atoms with Crippen molar-refractivity contribution in [3.63, 3.8) is 0 Å². The van der Waals surface area contributed by atoms with Gasteiger partial charge >= 0.3 is 11.9 Å². The molecule has 1 amide bonds. The second-order valence-corrected chi connectivity index (χ2v) is 9.62. The number of hydrogen-bond donors (Lipinski definition) is 1. The Balaban J connectivity index is 1.59. The van der Waals surface area contributed by atoms with Crippen molar-refractivity contribution in [2.75, 3.05) is 25.5 Å². The fourth-order valence-corrected chi connectivity index (χ4v) is 5.21. The molecule has 182 valence electrons. The molecule has 1 N–H and O–H groups in total. The smallest absolute Gasteiger partial charge is 0.339 e.